The first-order chi connectivity index (χ1) is 19.2. The molecule has 0 saturated carbocycles. The smallest absolute Gasteiger partial charge is 0.407 e. The van der Waals surface area contributed by atoms with E-state index in [9.17, 15) is 31.9 Å². The second kappa shape index (κ2) is 12.1. The first kappa shape index (κ1) is 31.0. The van der Waals surface area contributed by atoms with E-state index < -0.39 is 49.4 Å². The lowest BCUT2D eigenvalue weighted by molar-refractivity contribution is -0.139. The number of carboxylic acid groups (broad SMARTS) is 1. The number of amides is 1. The minimum Gasteiger partial charge on any atom is -0.480 e. The zero-order valence-corrected chi connectivity index (χ0v) is 24.0. The molecule has 41 heavy (non-hydrogen) atoms. The van der Waals surface area contributed by atoms with Crippen LogP contribution in [0.25, 0.3) is 11.1 Å². The van der Waals surface area contributed by atoms with Gasteiger partial charge in [-0.25, -0.2) is 9.59 Å². The number of fused-ring (bicyclic) bond motifs is 3. The Morgan fingerprint density at radius 1 is 0.927 bits per heavy atom. The number of carbonyl (C=O) groups excluding carboxylic acids is 1. The summed E-state index contributed by atoms with van der Waals surface area (Å²) in [5.74, 6) is -1.63. The van der Waals surface area contributed by atoms with E-state index >= 15 is 0 Å². The van der Waals surface area contributed by atoms with Gasteiger partial charge in [0.2, 0.25) is 3.79 Å². The number of carbonyl (C=O) groups is 2. The molecule has 218 valence electrons. The van der Waals surface area contributed by atoms with Gasteiger partial charge in [-0.15, -0.1) is 0 Å². The second-order valence-corrected chi connectivity index (χ2v) is 13.3. The Morgan fingerprint density at radius 2 is 1.46 bits per heavy atom. The zero-order chi connectivity index (χ0) is 30.0. The molecule has 2 N–H and O–H groups in total. The van der Waals surface area contributed by atoms with Crippen molar-refractivity contribution in [3.05, 3.63) is 95.1 Å². The van der Waals surface area contributed by atoms with Crippen LogP contribution < -0.4 is 5.32 Å². The van der Waals surface area contributed by atoms with E-state index in [1.54, 1.807) is 0 Å². The van der Waals surface area contributed by atoms with Crippen LogP contribution in [0.5, 0.6) is 0 Å². The maximum Gasteiger partial charge on any atom is 0.407 e. The molecule has 0 saturated heterocycles. The van der Waals surface area contributed by atoms with Gasteiger partial charge in [0.15, 0.2) is 0 Å². The second-order valence-electron chi connectivity index (χ2n) is 9.11. The van der Waals surface area contributed by atoms with Crippen LogP contribution in [0.2, 0.25) is 0 Å². The molecule has 3 aromatic rings. The average molecular weight is 649 g/mol. The Kier molecular flexibility index (Phi) is 9.15. The molecule has 8 nitrogen and oxygen atoms in total. The van der Waals surface area contributed by atoms with Gasteiger partial charge in [-0.1, -0.05) is 108 Å². The molecule has 0 fully saturated rings. The van der Waals surface area contributed by atoms with Gasteiger partial charge in [0.1, 0.15) is 19.3 Å². The third-order valence-electron chi connectivity index (χ3n) is 6.36. The summed E-state index contributed by atoms with van der Waals surface area (Å²) < 4.78 is 60.5. The first-order valence-corrected chi connectivity index (χ1v) is 14.5. The number of rotatable bonds is 10. The summed E-state index contributed by atoms with van der Waals surface area (Å²) in [7, 11) is -5.52. The lowest BCUT2D eigenvalue weighted by atomic mass is 9.98. The van der Waals surface area contributed by atoms with Crippen LogP contribution >= 0.6 is 34.8 Å². The summed E-state index contributed by atoms with van der Waals surface area (Å²) in [5.41, 5.74) is 3.27. The van der Waals surface area contributed by atoms with Crippen molar-refractivity contribution in [1.29, 1.82) is 0 Å². The number of alkyl halides is 5. The number of aliphatic carboxylic acids is 1. The van der Waals surface area contributed by atoms with Gasteiger partial charge >= 0.3 is 27.4 Å². The van der Waals surface area contributed by atoms with Crippen molar-refractivity contribution in [1.82, 2.24) is 5.32 Å². The number of benzene rings is 3. The van der Waals surface area contributed by atoms with Gasteiger partial charge < -0.3 is 15.2 Å². The Hall–Kier alpha value is -2.96. The zero-order valence-electron chi connectivity index (χ0n) is 20.9. The fraction of sp³-hybridized carbons (Fsp3) is 0.259. The van der Waals surface area contributed by atoms with E-state index in [-0.39, 0.29) is 24.5 Å². The van der Waals surface area contributed by atoms with Gasteiger partial charge in [0, 0.05) is 17.9 Å². The van der Waals surface area contributed by atoms with E-state index in [4.69, 9.17) is 39.5 Å². The van der Waals surface area contributed by atoms with Crippen LogP contribution in [0.15, 0.2) is 72.8 Å². The third kappa shape index (κ3) is 7.10. The Labute approximate surface area is 249 Å². The van der Waals surface area contributed by atoms with Crippen molar-refractivity contribution in [3.8, 4) is 11.1 Å². The summed E-state index contributed by atoms with van der Waals surface area (Å²) in [6, 6.07) is 17.7. The SMILES string of the molecule is O=C(N[C@@H](Cc1ccc(C(F)(F)S(=O)(=O)OCC(Cl)(Cl)Cl)cc1)C(=O)O)OCC1c2ccccc2-c2ccccc21. The average Bonchev–Trinajstić information content (AvgIpc) is 3.24. The highest BCUT2D eigenvalue weighted by Crippen LogP contribution is 2.44. The van der Waals surface area contributed by atoms with Crippen molar-refractivity contribution in [2.24, 2.45) is 0 Å². The topological polar surface area (TPSA) is 119 Å². The molecule has 1 aliphatic rings. The number of nitrogens with one attached hydrogen (secondary N) is 1. The molecular formula is C27H22Cl3F2NO7S. The quantitative estimate of drug-likeness (QED) is 0.205. The molecule has 0 radical (unpaired) electrons. The van der Waals surface area contributed by atoms with E-state index in [1.807, 2.05) is 48.5 Å². The third-order valence-corrected chi connectivity index (χ3v) is 7.97. The van der Waals surface area contributed by atoms with E-state index in [2.05, 4.69) is 9.50 Å². The minimum atomic E-state index is -5.52. The summed E-state index contributed by atoms with van der Waals surface area (Å²) >= 11 is 16.1. The van der Waals surface area contributed by atoms with Gasteiger partial charge in [-0.2, -0.15) is 17.2 Å². The summed E-state index contributed by atoms with van der Waals surface area (Å²) in [5, 5.41) is 7.40. The number of ether oxygens (including phenoxy) is 1. The Bertz CT molecular complexity index is 1500. The molecule has 0 bridgehead atoms. The maximum absolute atomic E-state index is 14.6. The molecule has 3 aromatic carbocycles. The molecule has 0 heterocycles. The molecule has 1 aliphatic carbocycles. The van der Waals surface area contributed by atoms with Crippen LogP contribution in [0, 0.1) is 0 Å². The highest BCUT2D eigenvalue weighted by Gasteiger charge is 2.49. The van der Waals surface area contributed by atoms with Crippen LogP contribution in [-0.2, 0) is 35.5 Å². The van der Waals surface area contributed by atoms with Crippen molar-refractivity contribution >= 4 is 57.0 Å². The molecule has 0 aromatic heterocycles. The fourth-order valence-electron chi connectivity index (χ4n) is 4.42. The molecule has 0 spiro atoms. The number of alkyl carbamates (subject to hydrolysis) is 1. The minimum absolute atomic E-state index is 0.0369. The predicted molar refractivity (Wildman–Crippen MR) is 149 cm³/mol. The Balaban J connectivity index is 1.39. The largest absolute Gasteiger partial charge is 0.480 e. The van der Waals surface area contributed by atoms with E-state index in [0.29, 0.717) is 0 Å². The summed E-state index contributed by atoms with van der Waals surface area (Å²) in [6.45, 7) is -1.17. The lowest BCUT2D eigenvalue weighted by Gasteiger charge is -2.20. The summed E-state index contributed by atoms with van der Waals surface area (Å²) in [4.78, 5) is 24.4. The number of carboxylic acids is 1. The van der Waals surface area contributed by atoms with Crippen molar-refractivity contribution < 1.29 is 40.8 Å². The molecule has 14 heteroatoms. The Morgan fingerprint density at radius 3 is 1.98 bits per heavy atom. The van der Waals surface area contributed by atoms with Gasteiger partial charge in [0.05, 0.1) is 0 Å². The molecule has 4 rings (SSSR count). The molecule has 0 aliphatic heterocycles. The van der Waals surface area contributed by atoms with Gasteiger partial charge in [0.25, 0.3) is 0 Å². The number of hydrogen-bond acceptors (Lipinski definition) is 6. The van der Waals surface area contributed by atoms with Crippen molar-refractivity contribution in [3.63, 3.8) is 0 Å². The van der Waals surface area contributed by atoms with Gasteiger partial charge in [-0.05, 0) is 27.8 Å². The molecule has 1 atom stereocenters. The fourth-order valence-corrected chi connectivity index (χ4v) is 5.68. The normalized spacial score (nSPS) is 14.2. The number of halogens is 5. The predicted octanol–water partition coefficient (Wildman–Crippen LogP) is 5.99. The standard InChI is InChI=1S/C27H22Cl3F2NO7S/c28-26(29,30)15-40-41(37,38)27(31,32)17-11-9-16(10-12-17)13-23(24(34)35)33-25(36)39-14-22-20-7-3-1-5-18(20)19-6-2-4-8-21(19)22/h1-12,22-23H,13-15H2,(H,33,36)(H,34,35)/t23-/m0/s1. The lowest BCUT2D eigenvalue weighted by Crippen LogP contribution is -2.42. The van der Waals surface area contributed by atoms with Crippen LogP contribution in [-0.4, -0.2) is 48.6 Å². The van der Waals surface area contributed by atoms with E-state index in [1.165, 1.54) is 0 Å². The van der Waals surface area contributed by atoms with Crippen LogP contribution in [0.4, 0.5) is 13.6 Å². The number of hydrogen-bond donors (Lipinski definition) is 2. The van der Waals surface area contributed by atoms with Gasteiger partial charge in [-0.3, -0.25) is 4.18 Å². The molecular weight excluding hydrogens is 627 g/mol. The van der Waals surface area contributed by atoms with Crippen molar-refractivity contribution in [2.45, 2.75) is 27.4 Å². The van der Waals surface area contributed by atoms with E-state index in [0.717, 1.165) is 46.5 Å². The van der Waals surface area contributed by atoms with Crippen molar-refractivity contribution in [2.75, 3.05) is 13.2 Å². The van der Waals surface area contributed by atoms with Crippen LogP contribution in [0.3, 0.4) is 0 Å². The molecule has 1 amide bonds. The maximum atomic E-state index is 14.6. The van der Waals surface area contributed by atoms with Crippen LogP contribution in [0.1, 0.15) is 28.2 Å². The first-order valence-electron chi connectivity index (χ1n) is 12.0. The monoisotopic (exact) mass is 647 g/mol. The highest BCUT2D eigenvalue weighted by atomic mass is 35.6. The highest BCUT2D eigenvalue weighted by molar-refractivity contribution is 7.87. The molecule has 0 unspecified atom stereocenters. The summed E-state index contributed by atoms with van der Waals surface area (Å²) in [6.07, 6.45) is -1.28.